The highest BCUT2D eigenvalue weighted by Gasteiger charge is 2.49. The highest BCUT2D eigenvalue weighted by atomic mass is 31.3. The molecule has 1 aliphatic rings. The summed E-state index contributed by atoms with van der Waals surface area (Å²) in [5.74, 6) is -5.41. The summed E-state index contributed by atoms with van der Waals surface area (Å²) in [5.41, 5.74) is -4.31. The third-order valence-corrected chi connectivity index (χ3v) is 24.1. The number of Topliss-reactive ketones (excluding diaryl/α,β-unsaturated/α-hetero) is 12. The molecule has 0 N–H and O–H groups in total. The molecule has 1 heterocycles. The van der Waals surface area contributed by atoms with E-state index < -0.39 is 129 Å². The van der Waals surface area contributed by atoms with Gasteiger partial charge in [-0.2, -0.15) is 0 Å². The molecule has 24 heteroatoms. The topological polar surface area (TPSA) is 297 Å². The summed E-state index contributed by atoms with van der Waals surface area (Å²) in [6.07, 6.45) is -2.55. The van der Waals surface area contributed by atoms with Crippen LogP contribution < -0.4 is 27.1 Å². The van der Waals surface area contributed by atoms with E-state index in [1.165, 1.54) is 146 Å². The third-order valence-electron chi connectivity index (χ3n) is 16.0. The van der Waals surface area contributed by atoms with Crippen LogP contribution in [0.1, 0.15) is 225 Å². The molecule has 0 amide bonds. The number of carbonyl (C=O) groups excluding carboxylic acids is 12. The summed E-state index contributed by atoms with van der Waals surface area (Å²) in [5, 5.41) is 0. The van der Waals surface area contributed by atoms with Crippen molar-refractivity contribution >= 4 is 92.4 Å². The number of nitrogens with zero attached hydrogens (tertiary/aromatic N) is 3. The van der Waals surface area contributed by atoms with Gasteiger partial charge < -0.3 is 27.1 Å². The number of hydrogen-bond acceptors (Lipinski definition) is 21. The smallest absolute Gasteiger partial charge is 0.413 e. The average molecular weight is 1450 g/mol. The molecular weight excluding hydrogens is 1360 g/mol. The van der Waals surface area contributed by atoms with Gasteiger partial charge >= 0.3 is 23.0 Å². The van der Waals surface area contributed by atoms with Crippen LogP contribution in [0.5, 0.6) is 34.5 Å². The van der Waals surface area contributed by atoms with Crippen LogP contribution in [-0.2, 0) is 28.8 Å². The van der Waals surface area contributed by atoms with Crippen molar-refractivity contribution in [2.24, 2.45) is 46.0 Å². The second-order valence-corrected chi connectivity index (χ2v) is 37.3. The molecule has 0 atom stereocenters. The number of hydrogen-bond donors (Lipinski definition) is 0. The van der Waals surface area contributed by atoms with Gasteiger partial charge in [0.05, 0.1) is 38.5 Å². The Kier molecular flexibility index (Phi) is 24.5. The van der Waals surface area contributed by atoms with Crippen molar-refractivity contribution in [1.82, 2.24) is 0 Å². The lowest BCUT2D eigenvalue weighted by Gasteiger charge is -2.33. The molecule has 540 valence electrons. The maximum absolute atomic E-state index is 13.8. The van der Waals surface area contributed by atoms with Gasteiger partial charge in [-0.25, -0.2) is 0 Å². The Bertz CT molecular complexity index is 3710. The van der Waals surface area contributed by atoms with Gasteiger partial charge in [-0.3, -0.25) is 57.5 Å². The van der Waals surface area contributed by atoms with Crippen LogP contribution in [0.3, 0.4) is 0 Å². The summed E-state index contributed by atoms with van der Waals surface area (Å²) in [4.78, 5) is 162. The zero-order chi connectivity index (χ0) is 75.9. The highest BCUT2D eigenvalue weighted by molar-refractivity contribution is 7.79. The molecule has 0 saturated carbocycles. The number of carbonyl (C=O) groups is 12. The fourth-order valence-corrected chi connectivity index (χ4v) is 17.9. The lowest BCUT2D eigenvalue weighted by molar-refractivity contribution is -0.126. The minimum absolute atomic E-state index is 0.0826. The molecule has 0 aromatic heterocycles. The molecule has 1 aliphatic heterocycles. The van der Waals surface area contributed by atoms with E-state index in [0.717, 1.165) is 0 Å². The maximum Gasteiger partial charge on any atom is 0.460 e. The first kappa shape index (κ1) is 80.2. The van der Waals surface area contributed by atoms with Gasteiger partial charge in [-0.05, 0) is 146 Å². The fraction of sp³-hybridized carbons (Fsp3) is 0.385. The zero-order valence-corrected chi connectivity index (χ0v) is 63.8. The van der Waals surface area contributed by atoms with Gasteiger partial charge in [0.2, 0.25) is 0 Å². The summed E-state index contributed by atoms with van der Waals surface area (Å²) < 4.78 is 58.0. The van der Waals surface area contributed by atoms with E-state index in [-0.39, 0.29) is 103 Å². The second kappa shape index (κ2) is 31.2. The van der Waals surface area contributed by atoms with Gasteiger partial charge in [0.1, 0.15) is 69.2 Å². The Morgan fingerprint density at radius 3 is 0.422 bits per heavy atom. The lowest BCUT2D eigenvalue weighted by atomic mass is 9.87. The molecule has 7 rings (SSSR count). The van der Waals surface area contributed by atoms with Gasteiger partial charge in [0.15, 0.2) is 34.7 Å². The Morgan fingerprint density at radius 1 is 0.216 bits per heavy atom. The Morgan fingerprint density at radius 2 is 0.324 bits per heavy atom. The number of ketones is 12. The monoisotopic (exact) mass is 1450 g/mol. The van der Waals surface area contributed by atoms with Crippen molar-refractivity contribution in [3.8, 4) is 34.5 Å². The quantitative estimate of drug-likeness (QED) is 0.0230. The van der Waals surface area contributed by atoms with E-state index in [1.807, 2.05) is 0 Å². The summed E-state index contributed by atoms with van der Waals surface area (Å²) in [6.45, 7) is 30.6. The van der Waals surface area contributed by atoms with Crippen LogP contribution in [-0.4, -0.2) is 69.4 Å². The molecule has 0 unspecified atom stereocenters. The van der Waals surface area contributed by atoms with Crippen LogP contribution in [0.25, 0.3) is 0 Å². The van der Waals surface area contributed by atoms with Crippen molar-refractivity contribution in [2.75, 3.05) is 0 Å². The highest BCUT2D eigenvalue weighted by Crippen LogP contribution is 2.78. The Balaban J connectivity index is 1.59. The minimum atomic E-state index is -4.91. The molecule has 0 aliphatic carbocycles. The molecule has 0 bridgehead atoms. The average Bonchev–Trinajstić information content (AvgIpc) is 0.729. The summed E-state index contributed by atoms with van der Waals surface area (Å²) in [7, 11) is -14.7. The molecule has 6 aromatic rings. The first-order valence-corrected chi connectivity index (χ1v) is 37.7. The number of benzene rings is 6. The molecule has 0 radical (unpaired) electrons. The largest absolute Gasteiger partial charge is 0.460 e. The second-order valence-electron chi connectivity index (χ2n) is 31.1. The third kappa shape index (κ3) is 21.9. The van der Waals surface area contributed by atoms with E-state index in [2.05, 4.69) is 0 Å². The van der Waals surface area contributed by atoms with E-state index in [1.54, 1.807) is 125 Å². The standard InChI is InChI=1S/C78H90N3O18P3/c1-73(2,3)67(88)43-61(82)49-19-31-55(32-20-49)94-100(95-56-33-21-50(22-34-56)62(83)44-68(89)74(4,5)6)79-101(96-57-35-23-51(24-36-57)63(84)45-69(90)75(7,8)9,97-58-37-25-52(26-38-58)64(85)46-70(91)76(10,11)12)81-102(80-100,98-59-39-27-53(28-40-59)65(86)47-71(92)77(13,14)15)99-60-41-29-54(30-42-60)66(87)48-72(93)78(16,17)18/h19-42H,43-48H2,1-18H3. The van der Waals surface area contributed by atoms with Crippen molar-refractivity contribution in [1.29, 1.82) is 0 Å². The molecule has 21 nitrogen and oxygen atoms in total. The first-order valence-electron chi connectivity index (χ1n) is 33.1. The number of rotatable bonds is 30. The molecule has 0 saturated heterocycles. The first-order chi connectivity index (χ1) is 47.0. The van der Waals surface area contributed by atoms with Crippen molar-refractivity contribution in [3.63, 3.8) is 0 Å². The van der Waals surface area contributed by atoms with Crippen molar-refractivity contribution in [3.05, 3.63) is 179 Å². The summed E-state index contributed by atoms with van der Waals surface area (Å²) in [6, 6.07) is 33.7. The van der Waals surface area contributed by atoms with Crippen molar-refractivity contribution < 1.29 is 84.7 Å². The Labute approximate surface area is 596 Å². The van der Waals surface area contributed by atoms with Crippen LogP contribution >= 0.6 is 23.0 Å². The lowest BCUT2D eigenvalue weighted by Crippen LogP contribution is -2.23. The van der Waals surface area contributed by atoms with Gasteiger partial charge in [-0.1, -0.05) is 138 Å². The molecule has 102 heavy (non-hydrogen) atoms. The SMILES string of the molecule is CC(C)(C)C(=O)CC(=O)c1ccc(OP2(Oc3ccc(C(=O)CC(=O)C(C)(C)C)cc3)=NP(Oc3ccc(C(=O)CC(=O)C(C)(C)C)cc3)(Oc3ccc(C(=O)CC(=O)C(C)(C)C)cc3)=NP(Oc3ccc(C(=O)CC(=O)C(C)(C)C)cc3)(Oc3ccc(C(=O)CC(=O)C(C)(C)C)cc3)=N2)cc1. The van der Waals surface area contributed by atoms with E-state index >= 15 is 0 Å². The van der Waals surface area contributed by atoms with E-state index in [9.17, 15) is 57.5 Å². The Hall–Kier alpha value is -9.15. The van der Waals surface area contributed by atoms with Gasteiger partial charge in [0, 0.05) is 65.9 Å². The maximum atomic E-state index is 13.8. The van der Waals surface area contributed by atoms with Crippen LogP contribution in [0.15, 0.2) is 159 Å². The normalized spacial score (nSPS) is 14.2. The van der Waals surface area contributed by atoms with E-state index in [4.69, 9.17) is 40.7 Å². The predicted molar refractivity (Wildman–Crippen MR) is 391 cm³/mol. The van der Waals surface area contributed by atoms with Crippen LogP contribution in [0, 0.1) is 32.5 Å². The van der Waals surface area contributed by atoms with Gasteiger partial charge in [0.25, 0.3) is 0 Å². The van der Waals surface area contributed by atoms with E-state index in [0.29, 0.717) is 0 Å². The van der Waals surface area contributed by atoms with Gasteiger partial charge in [-0.15, -0.1) is 0 Å². The molecule has 0 fully saturated rings. The van der Waals surface area contributed by atoms with Crippen molar-refractivity contribution in [2.45, 2.75) is 163 Å². The molecule has 6 aromatic carbocycles. The minimum Gasteiger partial charge on any atom is -0.413 e. The van der Waals surface area contributed by atoms with Crippen LogP contribution in [0.2, 0.25) is 0 Å². The zero-order valence-electron chi connectivity index (χ0n) is 61.1. The van der Waals surface area contributed by atoms with Crippen LogP contribution in [0.4, 0.5) is 0 Å². The summed E-state index contributed by atoms with van der Waals surface area (Å²) >= 11 is 0. The molecule has 0 spiro atoms. The predicted octanol–water partition coefficient (Wildman–Crippen LogP) is 19.4. The fourth-order valence-electron chi connectivity index (χ4n) is 8.87. The molecular formula is C78H90N3O18P3.